The number of oxazole rings is 1. The summed E-state index contributed by atoms with van der Waals surface area (Å²) in [5.74, 6) is 1.62. The maximum atomic E-state index is 5.72. The van der Waals surface area contributed by atoms with Crippen LogP contribution < -0.4 is 5.32 Å². The van der Waals surface area contributed by atoms with Crippen molar-refractivity contribution in [1.82, 2.24) is 15.3 Å². The van der Waals surface area contributed by atoms with E-state index in [9.17, 15) is 0 Å². The molecule has 0 saturated carbocycles. The highest BCUT2D eigenvalue weighted by Crippen LogP contribution is 2.22. The van der Waals surface area contributed by atoms with E-state index < -0.39 is 0 Å². The predicted octanol–water partition coefficient (Wildman–Crippen LogP) is 2.92. The standard InChI is InChI=1S/C13H16BrN3O/c14-10-7-11-13(16-8-10)17-12(18-11)2-1-9-3-5-15-6-4-9/h7-9,15H,1-6H2. The lowest BCUT2D eigenvalue weighted by Crippen LogP contribution is -2.27. The van der Waals surface area contributed by atoms with Crippen LogP contribution in [-0.4, -0.2) is 23.1 Å². The van der Waals surface area contributed by atoms with Gasteiger partial charge < -0.3 is 9.73 Å². The molecule has 3 heterocycles. The Bertz CT molecular complexity index is 534. The lowest BCUT2D eigenvalue weighted by Gasteiger charge is -2.21. The molecule has 1 fully saturated rings. The first-order valence-electron chi connectivity index (χ1n) is 6.43. The summed E-state index contributed by atoms with van der Waals surface area (Å²) < 4.78 is 6.65. The molecule has 1 N–H and O–H groups in total. The Hall–Kier alpha value is -0.940. The number of aryl methyl sites for hydroxylation is 1. The average molecular weight is 310 g/mol. The van der Waals surface area contributed by atoms with Crippen molar-refractivity contribution in [3.63, 3.8) is 0 Å². The van der Waals surface area contributed by atoms with E-state index in [4.69, 9.17) is 4.42 Å². The zero-order valence-electron chi connectivity index (χ0n) is 10.2. The van der Waals surface area contributed by atoms with Gasteiger partial charge in [-0.15, -0.1) is 0 Å². The molecule has 0 aliphatic carbocycles. The van der Waals surface area contributed by atoms with Crippen LogP contribution in [0.2, 0.25) is 0 Å². The quantitative estimate of drug-likeness (QED) is 0.947. The molecule has 0 radical (unpaired) electrons. The molecule has 1 aliphatic rings. The molecule has 2 aromatic rings. The van der Waals surface area contributed by atoms with E-state index in [-0.39, 0.29) is 0 Å². The van der Waals surface area contributed by atoms with Gasteiger partial charge in [-0.2, -0.15) is 4.98 Å². The molecule has 1 aliphatic heterocycles. The van der Waals surface area contributed by atoms with E-state index in [2.05, 4.69) is 31.2 Å². The van der Waals surface area contributed by atoms with Crippen molar-refractivity contribution in [2.45, 2.75) is 25.7 Å². The van der Waals surface area contributed by atoms with Gasteiger partial charge >= 0.3 is 0 Å². The molecule has 18 heavy (non-hydrogen) atoms. The highest BCUT2D eigenvalue weighted by molar-refractivity contribution is 9.10. The van der Waals surface area contributed by atoms with Crippen LogP contribution in [0, 0.1) is 5.92 Å². The van der Waals surface area contributed by atoms with Crippen LogP contribution in [0.15, 0.2) is 21.2 Å². The van der Waals surface area contributed by atoms with Gasteiger partial charge in [-0.1, -0.05) is 0 Å². The molecule has 5 heteroatoms. The first kappa shape index (κ1) is 12.1. The van der Waals surface area contributed by atoms with Crippen LogP contribution in [-0.2, 0) is 6.42 Å². The molecule has 96 valence electrons. The van der Waals surface area contributed by atoms with Gasteiger partial charge in [-0.3, -0.25) is 0 Å². The van der Waals surface area contributed by atoms with E-state index in [0.717, 1.165) is 47.8 Å². The first-order valence-corrected chi connectivity index (χ1v) is 7.22. The summed E-state index contributed by atoms with van der Waals surface area (Å²) in [5, 5.41) is 3.39. The number of halogens is 1. The Morgan fingerprint density at radius 1 is 1.39 bits per heavy atom. The van der Waals surface area contributed by atoms with E-state index in [1.807, 2.05) is 6.07 Å². The molecule has 0 aromatic carbocycles. The van der Waals surface area contributed by atoms with E-state index in [0.29, 0.717) is 5.65 Å². The number of rotatable bonds is 3. The number of hydrogen-bond donors (Lipinski definition) is 1. The van der Waals surface area contributed by atoms with Crippen molar-refractivity contribution in [2.75, 3.05) is 13.1 Å². The van der Waals surface area contributed by atoms with E-state index in [1.165, 1.54) is 12.8 Å². The van der Waals surface area contributed by atoms with Crippen LogP contribution in [0.5, 0.6) is 0 Å². The Balaban J connectivity index is 1.67. The van der Waals surface area contributed by atoms with Crippen LogP contribution in [0.1, 0.15) is 25.2 Å². The first-order chi connectivity index (χ1) is 8.81. The summed E-state index contributed by atoms with van der Waals surface area (Å²) >= 11 is 3.39. The minimum atomic E-state index is 0.707. The third-order valence-corrected chi connectivity index (χ3v) is 3.92. The summed E-state index contributed by atoms with van der Waals surface area (Å²) in [5.41, 5.74) is 1.48. The van der Waals surface area contributed by atoms with Crippen LogP contribution in [0.25, 0.3) is 11.2 Å². The van der Waals surface area contributed by atoms with Gasteiger partial charge in [-0.05, 0) is 54.2 Å². The number of pyridine rings is 1. The second kappa shape index (κ2) is 5.36. The second-order valence-corrected chi connectivity index (χ2v) is 5.73. The topological polar surface area (TPSA) is 51.0 Å². The van der Waals surface area contributed by atoms with Gasteiger partial charge in [0.1, 0.15) is 0 Å². The van der Waals surface area contributed by atoms with E-state index >= 15 is 0 Å². The van der Waals surface area contributed by atoms with Crippen molar-refractivity contribution in [1.29, 1.82) is 0 Å². The minimum Gasteiger partial charge on any atom is -0.439 e. The molecule has 3 rings (SSSR count). The highest BCUT2D eigenvalue weighted by Gasteiger charge is 2.15. The number of fused-ring (bicyclic) bond motifs is 1. The van der Waals surface area contributed by atoms with Crippen molar-refractivity contribution in [3.05, 3.63) is 22.6 Å². The largest absolute Gasteiger partial charge is 0.439 e. The van der Waals surface area contributed by atoms with Gasteiger partial charge in [0.2, 0.25) is 0 Å². The van der Waals surface area contributed by atoms with Crippen LogP contribution in [0.4, 0.5) is 0 Å². The number of aromatic nitrogens is 2. The SMILES string of the molecule is Brc1cnc2nc(CCC3CCNCC3)oc2c1. The molecule has 0 unspecified atom stereocenters. The van der Waals surface area contributed by atoms with Gasteiger partial charge in [0.25, 0.3) is 0 Å². The van der Waals surface area contributed by atoms with Crippen LogP contribution >= 0.6 is 15.9 Å². The summed E-state index contributed by atoms with van der Waals surface area (Å²) in [4.78, 5) is 8.66. The number of nitrogens with zero attached hydrogens (tertiary/aromatic N) is 2. The minimum absolute atomic E-state index is 0.707. The molecular weight excluding hydrogens is 294 g/mol. The fraction of sp³-hybridized carbons (Fsp3) is 0.538. The lowest BCUT2D eigenvalue weighted by molar-refractivity contribution is 0.343. The van der Waals surface area contributed by atoms with Crippen molar-refractivity contribution in [3.8, 4) is 0 Å². The van der Waals surface area contributed by atoms with Gasteiger partial charge in [-0.25, -0.2) is 4.98 Å². The van der Waals surface area contributed by atoms with Gasteiger partial charge in [0.15, 0.2) is 17.1 Å². The van der Waals surface area contributed by atoms with Crippen molar-refractivity contribution in [2.24, 2.45) is 5.92 Å². The molecule has 0 atom stereocenters. The number of nitrogens with one attached hydrogen (secondary N) is 1. The lowest BCUT2D eigenvalue weighted by atomic mass is 9.93. The van der Waals surface area contributed by atoms with Gasteiger partial charge in [0, 0.05) is 23.2 Å². The van der Waals surface area contributed by atoms with Crippen molar-refractivity contribution < 1.29 is 4.42 Å². The molecule has 2 aromatic heterocycles. The summed E-state index contributed by atoms with van der Waals surface area (Å²) in [6.07, 6.45) is 6.36. The monoisotopic (exact) mass is 309 g/mol. The molecular formula is C13H16BrN3O. The Labute approximate surface area is 114 Å². The fourth-order valence-corrected chi connectivity index (χ4v) is 2.76. The zero-order valence-corrected chi connectivity index (χ0v) is 11.7. The Morgan fingerprint density at radius 3 is 3.06 bits per heavy atom. The maximum absolute atomic E-state index is 5.72. The summed E-state index contributed by atoms with van der Waals surface area (Å²) in [6.45, 7) is 2.29. The molecule has 0 amide bonds. The van der Waals surface area contributed by atoms with Crippen LogP contribution in [0.3, 0.4) is 0 Å². The summed E-state index contributed by atoms with van der Waals surface area (Å²) in [6, 6.07) is 1.92. The zero-order chi connectivity index (χ0) is 12.4. The maximum Gasteiger partial charge on any atom is 0.198 e. The normalized spacial score (nSPS) is 17.4. The number of piperidine rings is 1. The Morgan fingerprint density at radius 2 is 2.22 bits per heavy atom. The fourth-order valence-electron chi connectivity index (χ4n) is 2.45. The third-order valence-electron chi connectivity index (χ3n) is 3.48. The number of hydrogen-bond acceptors (Lipinski definition) is 4. The predicted molar refractivity (Wildman–Crippen MR) is 73.4 cm³/mol. The molecule has 4 nitrogen and oxygen atoms in total. The molecule has 0 spiro atoms. The second-order valence-electron chi connectivity index (χ2n) is 4.81. The smallest absolute Gasteiger partial charge is 0.198 e. The Kier molecular flexibility index (Phi) is 3.61. The highest BCUT2D eigenvalue weighted by atomic mass is 79.9. The van der Waals surface area contributed by atoms with Crippen molar-refractivity contribution >= 4 is 27.2 Å². The summed E-state index contributed by atoms with van der Waals surface area (Å²) in [7, 11) is 0. The molecule has 1 saturated heterocycles. The third kappa shape index (κ3) is 2.72. The van der Waals surface area contributed by atoms with E-state index in [1.54, 1.807) is 6.20 Å². The van der Waals surface area contributed by atoms with Gasteiger partial charge in [0.05, 0.1) is 0 Å². The average Bonchev–Trinajstić information content (AvgIpc) is 2.79. The molecule has 0 bridgehead atoms.